The SMILES string of the molecule is CCc1cc(C(=O)NC(C)CCl)n(CC)n1. The molecule has 0 aromatic carbocycles. The predicted octanol–water partition coefficient (Wildman–Crippen LogP) is 1.82. The monoisotopic (exact) mass is 243 g/mol. The molecule has 0 aliphatic carbocycles. The maximum Gasteiger partial charge on any atom is 0.269 e. The lowest BCUT2D eigenvalue weighted by molar-refractivity contribution is 0.0933. The number of alkyl halides is 1. The Hall–Kier alpha value is -1.03. The van der Waals surface area contributed by atoms with Crippen LogP contribution in [0.3, 0.4) is 0 Å². The van der Waals surface area contributed by atoms with Gasteiger partial charge in [-0.2, -0.15) is 5.10 Å². The van der Waals surface area contributed by atoms with Crippen molar-refractivity contribution < 1.29 is 4.79 Å². The molecule has 1 aromatic rings. The Morgan fingerprint density at radius 1 is 1.62 bits per heavy atom. The number of halogens is 1. The van der Waals surface area contributed by atoms with E-state index in [4.69, 9.17) is 11.6 Å². The third-order valence-electron chi connectivity index (χ3n) is 2.33. The van der Waals surface area contributed by atoms with E-state index in [2.05, 4.69) is 10.4 Å². The van der Waals surface area contributed by atoms with Crippen molar-refractivity contribution >= 4 is 17.5 Å². The molecule has 16 heavy (non-hydrogen) atoms. The summed E-state index contributed by atoms with van der Waals surface area (Å²) in [4.78, 5) is 11.9. The lowest BCUT2D eigenvalue weighted by Gasteiger charge is -2.10. The molecular formula is C11H18ClN3O. The second-order valence-corrected chi connectivity index (χ2v) is 4.03. The molecule has 1 aromatic heterocycles. The zero-order valence-corrected chi connectivity index (χ0v) is 10.7. The molecule has 5 heteroatoms. The minimum Gasteiger partial charge on any atom is -0.347 e. The van der Waals surface area contributed by atoms with Gasteiger partial charge in [0.15, 0.2) is 0 Å². The Morgan fingerprint density at radius 3 is 2.81 bits per heavy atom. The number of hydrogen-bond acceptors (Lipinski definition) is 2. The summed E-state index contributed by atoms with van der Waals surface area (Å²) in [6.07, 6.45) is 0.832. The van der Waals surface area contributed by atoms with Gasteiger partial charge in [0.2, 0.25) is 0 Å². The number of aromatic nitrogens is 2. The quantitative estimate of drug-likeness (QED) is 0.802. The average Bonchev–Trinajstić information content (AvgIpc) is 2.71. The minimum atomic E-state index is -0.109. The summed E-state index contributed by atoms with van der Waals surface area (Å²) in [6, 6.07) is 1.80. The fourth-order valence-corrected chi connectivity index (χ4v) is 1.48. The number of carbonyl (C=O) groups excluding carboxylic acids is 1. The second kappa shape index (κ2) is 5.89. The Morgan fingerprint density at radius 2 is 2.31 bits per heavy atom. The van der Waals surface area contributed by atoms with Crippen LogP contribution in [0, 0.1) is 0 Å². The third kappa shape index (κ3) is 2.98. The minimum absolute atomic E-state index is 0.0283. The van der Waals surface area contributed by atoms with Gasteiger partial charge in [0.05, 0.1) is 5.69 Å². The molecule has 0 saturated heterocycles. The first kappa shape index (κ1) is 13.0. The van der Waals surface area contributed by atoms with E-state index < -0.39 is 0 Å². The van der Waals surface area contributed by atoms with Crippen LogP contribution in [0.5, 0.6) is 0 Å². The highest BCUT2D eigenvalue weighted by Crippen LogP contribution is 2.06. The molecular weight excluding hydrogens is 226 g/mol. The Bertz CT molecular complexity index is 362. The molecule has 1 N–H and O–H groups in total. The van der Waals surface area contributed by atoms with E-state index in [0.29, 0.717) is 18.1 Å². The van der Waals surface area contributed by atoms with Crippen molar-refractivity contribution in [2.24, 2.45) is 0 Å². The van der Waals surface area contributed by atoms with Gasteiger partial charge >= 0.3 is 0 Å². The number of rotatable bonds is 5. The highest BCUT2D eigenvalue weighted by atomic mass is 35.5. The van der Waals surface area contributed by atoms with Gasteiger partial charge in [-0.15, -0.1) is 11.6 Å². The maximum atomic E-state index is 11.9. The van der Waals surface area contributed by atoms with E-state index in [1.807, 2.05) is 26.8 Å². The average molecular weight is 244 g/mol. The molecule has 4 nitrogen and oxygen atoms in total. The smallest absolute Gasteiger partial charge is 0.269 e. The normalized spacial score (nSPS) is 12.5. The zero-order valence-electron chi connectivity index (χ0n) is 9.96. The highest BCUT2D eigenvalue weighted by Gasteiger charge is 2.15. The summed E-state index contributed by atoms with van der Waals surface area (Å²) in [5.41, 5.74) is 1.54. The van der Waals surface area contributed by atoms with Crippen LogP contribution in [0.15, 0.2) is 6.07 Å². The Labute approximate surface area is 101 Å². The third-order valence-corrected chi connectivity index (χ3v) is 2.80. The van der Waals surface area contributed by atoms with Crippen LogP contribution in [0.25, 0.3) is 0 Å². The van der Waals surface area contributed by atoms with Crippen molar-refractivity contribution in [3.05, 3.63) is 17.5 Å². The van der Waals surface area contributed by atoms with Crippen LogP contribution in [-0.2, 0) is 13.0 Å². The molecule has 1 heterocycles. The van der Waals surface area contributed by atoms with Gasteiger partial charge in [-0.1, -0.05) is 6.92 Å². The van der Waals surface area contributed by atoms with Crippen molar-refractivity contribution in [1.82, 2.24) is 15.1 Å². The summed E-state index contributed by atoms with van der Waals surface area (Å²) in [6.45, 7) is 6.55. The van der Waals surface area contributed by atoms with Gasteiger partial charge in [0.1, 0.15) is 5.69 Å². The molecule has 90 valence electrons. The molecule has 0 fully saturated rings. The molecule has 1 amide bonds. The molecule has 1 atom stereocenters. The number of amides is 1. The van der Waals surface area contributed by atoms with Gasteiger partial charge in [-0.05, 0) is 26.3 Å². The summed E-state index contributed by atoms with van der Waals surface area (Å²) in [5.74, 6) is 0.300. The maximum absolute atomic E-state index is 11.9. The number of nitrogens with zero attached hydrogens (tertiary/aromatic N) is 2. The van der Waals surface area contributed by atoms with Gasteiger partial charge < -0.3 is 5.32 Å². The van der Waals surface area contributed by atoms with Crippen molar-refractivity contribution in [2.75, 3.05) is 5.88 Å². The van der Waals surface area contributed by atoms with E-state index in [9.17, 15) is 4.79 Å². The molecule has 1 rings (SSSR count). The van der Waals surface area contributed by atoms with Crippen LogP contribution in [0.4, 0.5) is 0 Å². The van der Waals surface area contributed by atoms with Crippen LogP contribution >= 0.6 is 11.6 Å². The van der Waals surface area contributed by atoms with Crippen LogP contribution in [0.2, 0.25) is 0 Å². The van der Waals surface area contributed by atoms with Gasteiger partial charge in [0, 0.05) is 18.5 Å². The van der Waals surface area contributed by atoms with Crippen molar-refractivity contribution in [3.8, 4) is 0 Å². The number of carbonyl (C=O) groups is 1. The first-order valence-electron chi connectivity index (χ1n) is 5.55. The summed E-state index contributed by atoms with van der Waals surface area (Å²) in [7, 11) is 0. The first-order chi connectivity index (χ1) is 7.62. The standard InChI is InChI=1S/C11H18ClN3O/c1-4-9-6-10(15(5-2)14-9)11(16)13-8(3)7-12/h6,8H,4-5,7H2,1-3H3,(H,13,16). The largest absolute Gasteiger partial charge is 0.347 e. The number of nitrogens with one attached hydrogen (secondary N) is 1. The number of hydrogen-bond donors (Lipinski definition) is 1. The van der Waals surface area contributed by atoms with E-state index >= 15 is 0 Å². The molecule has 0 bridgehead atoms. The van der Waals surface area contributed by atoms with Gasteiger partial charge in [-0.3, -0.25) is 9.48 Å². The van der Waals surface area contributed by atoms with Crippen LogP contribution in [0.1, 0.15) is 37.0 Å². The van der Waals surface area contributed by atoms with Crippen LogP contribution in [-0.4, -0.2) is 27.6 Å². The van der Waals surface area contributed by atoms with Crippen LogP contribution < -0.4 is 5.32 Å². The van der Waals surface area contributed by atoms with E-state index in [-0.39, 0.29) is 11.9 Å². The summed E-state index contributed by atoms with van der Waals surface area (Å²) in [5, 5.41) is 7.15. The molecule has 0 radical (unpaired) electrons. The Balaban J connectivity index is 2.85. The molecule has 0 spiro atoms. The molecule has 1 unspecified atom stereocenters. The highest BCUT2D eigenvalue weighted by molar-refractivity contribution is 6.18. The summed E-state index contributed by atoms with van der Waals surface area (Å²) < 4.78 is 1.72. The fraction of sp³-hybridized carbons (Fsp3) is 0.636. The van der Waals surface area contributed by atoms with Crippen molar-refractivity contribution in [1.29, 1.82) is 0 Å². The van der Waals surface area contributed by atoms with Gasteiger partial charge in [-0.25, -0.2) is 0 Å². The first-order valence-corrected chi connectivity index (χ1v) is 6.09. The van der Waals surface area contributed by atoms with E-state index in [1.54, 1.807) is 4.68 Å². The van der Waals surface area contributed by atoms with E-state index in [1.165, 1.54) is 0 Å². The molecule has 0 saturated carbocycles. The lowest BCUT2D eigenvalue weighted by Crippen LogP contribution is -2.35. The zero-order chi connectivity index (χ0) is 12.1. The topological polar surface area (TPSA) is 46.9 Å². The lowest BCUT2D eigenvalue weighted by atomic mass is 10.3. The molecule has 0 aliphatic rings. The fourth-order valence-electron chi connectivity index (χ4n) is 1.40. The summed E-state index contributed by atoms with van der Waals surface area (Å²) >= 11 is 5.65. The van der Waals surface area contributed by atoms with Gasteiger partial charge in [0.25, 0.3) is 5.91 Å². The Kier molecular flexibility index (Phi) is 4.80. The van der Waals surface area contributed by atoms with Crippen molar-refractivity contribution in [2.45, 2.75) is 39.8 Å². The second-order valence-electron chi connectivity index (χ2n) is 3.72. The van der Waals surface area contributed by atoms with E-state index in [0.717, 1.165) is 12.1 Å². The number of aryl methyl sites for hydroxylation is 2. The van der Waals surface area contributed by atoms with Crippen molar-refractivity contribution in [3.63, 3.8) is 0 Å². The molecule has 0 aliphatic heterocycles. The predicted molar refractivity (Wildman–Crippen MR) is 64.9 cm³/mol.